The lowest BCUT2D eigenvalue weighted by molar-refractivity contribution is 0.0130. The normalized spacial score (nSPS) is 22.9. The number of aliphatic hydroxyl groups is 1. The Balaban J connectivity index is 2.22. The molecular formula is C17H27NO2. The van der Waals surface area contributed by atoms with E-state index >= 15 is 0 Å². The van der Waals surface area contributed by atoms with Gasteiger partial charge in [-0.05, 0) is 44.2 Å². The third-order valence-corrected chi connectivity index (χ3v) is 4.33. The molecule has 0 bridgehead atoms. The van der Waals surface area contributed by atoms with Crippen LogP contribution < -0.4 is 0 Å². The summed E-state index contributed by atoms with van der Waals surface area (Å²) in [5, 5.41) is 10.8. The lowest BCUT2D eigenvalue weighted by Gasteiger charge is -2.37. The zero-order chi connectivity index (χ0) is 14.5. The highest BCUT2D eigenvalue weighted by Crippen LogP contribution is 2.32. The van der Waals surface area contributed by atoms with Gasteiger partial charge in [-0.2, -0.15) is 0 Å². The maximum absolute atomic E-state index is 10.8. The number of aryl methyl sites for hydroxylation is 1. The van der Waals surface area contributed by atoms with Crippen molar-refractivity contribution in [3.63, 3.8) is 0 Å². The molecule has 1 aliphatic carbocycles. The molecule has 112 valence electrons. The van der Waals surface area contributed by atoms with Crippen LogP contribution in [-0.4, -0.2) is 42.4 Å². The van der Waals surface area contributed by atoms with Gasteiger partial charge in [0.1, 0.15) is 0 Å². The average Bonchev–Trinajstić information content (AvgIpc) is 2.60. The van der Waals surface area contributed by atoms with Gasteiger partial charge in [-0.25, -0.2) is 0 Å². The van der Waals surface area contributed by atoms with Crippen molar-refractivity contribution in [2.75, 3.05) is 20.3 Å². The molecule has 0 spiro atoms. The van der Waals surface area contributed by atoms with Gasteiger partial charge in [0.15, 0.2) is 0 Å². The Morgan fingerprint density at radius 2 is 2.10 bits per heavy atom. The van der Waals surface area contributed by atoms with E-state index in [1.807, 2.05) is 6.07 Å². The smallest absolute Gasteiger partial charge is 0.0947 e. The number of rotatable bonds is 5. The minimum Gasteiger partial charge on any atom is -0.387 e. The molecule has 1 aromatic carbocycles. The van der Waals surface area contributed by atoms with E-state index in [-0.39, 0.29) is 6.04 Å². The zero-order valence-corrected chi connectivity index (χ0v) is 12.9. The third kappa shape index (κ3) is 3.40. The molecule has 0 amide bonds. The second-order valence-corrected chi connectivity index (χ2v) is 5.93. The van der Waals surface area contributed by atoms with Crippen LogP contribution in [0, 0.1) is 0 Å². The SMILES string of the molecule is COCCN(C(C)C)C1CCCc2ccccc2C1O. The van der Waals surface area contributed by atoms with E-state index in [0.29, 0.717) is 12.6 Å². The summed E-state index contributed by atoms with van der Waals surface area (Å²) in [6.45, 7) is 5.97. The van der Waals surface area contributed by atoms with Crippen LogP contribution in [-0.2, 0) is 11.2 Å². The Hall–Kier alpha value is -0.900. The summed E-state index contributed by atoms with van der Waals surface area (Å²) < 4.78 is 5.23. The van der Waals surface area contributed by atoms with E-state index in [1.54, 1.807) is 7.11 Å². The number of fused-ring (bicyclic) bond motifs is 1. The number of hydrogen-bond donors (Lipinski definition) is 1. The number of ether oxygens (including phenoxy) is 1. The summed E-state index contributed by atoms with van der Waals surface area (Å²) in [6.07, 6.45) is 2.85. The number of hydrogen-bond acceptors (Lipinski definition) is 3. The fourth-order valence-electron chi connectivity index (χ4n) is 3.27. The summed E-state index contributed by atoms with van der Waals surface area (Å²) >= 11 is 0. The van der Waals surface area contributed by atoms with Gasteiger partial charge >= 0.3 is 0 Å². The van der Waals surface area contributed by atoms with Gasteiger partial charge in [0.05, 0.1) is 12.7 Å². The van der Waals surface area contributed by atoms with Crippen LogP contribution in [0.3, 0.4) is 0 Å². The largest absolute Gasteiger partial charge is 0.387 e. The van der Waals surface area contributed by atoms with Crippen molar-refractivity contribution in [3.8, 4) is 0 Å². The molecule has 2 rings (SSSR count). The summed E-state index contributed by atoms with van der Waals surface area (Å²) in [6, 6.07) is 8.92. The first-order valence-corrected chi connectivity index (χ1v) is 7.65. The van der Waals surface area contributed by atoms with Crippen LogP contribution in [0.2, 0.25) is 0 Å². The van der Waals surface area contributed by atoms with Crippen LogP contribution >= 0.6 is 0 Å². The van der Waals surface area contributed by atoms with E-state index in [0.717, 1.165) is 31.4 Å². The minimum absolute atomic E-state index is 0.189. The molecule has 0 aliphatic heterocycles. The summed E-state index contributed by atoms with van der Waals surface area (Å²) in [5.74, 6) is 0. The van der Waals surface area contributed by atoms with Crippen molar-refractivity contribution in [2.24, 2.45) is 0 Å². The van der Waals surface area contributed by atoms with Gasteiger partial charge in [0, 0.05) is 25.7 Å². The predicted octanol–water partition coefficient (Wildman–Crippen LogP) is 2.78. The molecule has 2 unspecified atom stereocenters. The Morgan fingerprint density at radius 1 is 1.35 bits per heavy atom. The molecule has 3 heteroatoms. The Morgan fingerprint density at radius 3 is 2.80 bits per heavy atom. The molecule has 0 aromatic heterocycles. The third-order valence-electron chi connectivity index (χ3n) is 4.33. The fraction of sp³-hybridized carbons (Fsp3) is 0.647. The molecule has 2 atom stereocenters. The van der Waals surface area contributed by atoms with E-state index in [9.17, 15) is 5.11 Å². The van der Waals surface area contributed by atoms with Crippen molar-refractivity contribution in [2.45, 2.75) is 51.3 Å². The number of aliphatic hydroxyl groups excluding tert-OH is 1. The maximum atomic E-state index is 10.8. The Bertz CT molecular complexity index is 419. The maximum Gasteiger partial charge on any atom is 0.0947 e. The van der Waals surface area contributed by atoms with Crippen molar-refractivity contribution in [1.82, 2.24) is 4.90 Å². The van der Waals surface area contributed by atoms with E-state index in [1.165, 1.54) is 5.56 Å². The van der Waals surface area contributed by atoms with Gasteiger partial charge in [-0.15, -0.1) is 0 Å². The number of benzene rings is 1. The van der Waals surface area contributed by atoms with Gasteiger partial charge in [0.2, 0.25) is 0 Å². The average molecular weight is 277 g/mol. The first-order valence-electron chi connectivity index (χ1n) is 7.65. The fourth-order valence-corrected chi connectivity index (χ4v) is 3.27. The summed E-state index contributed by atoms with van der Waals surface area (Å²) in [4.78, 5) is 2.39. The van der Waals surface area contributed by atoms with Gasteiger partial charge in [-0.1, -0.05) is 24.3 Å². The lowest BCUT2D eigenvalue weighted by Crippen LogP contribution is -2.45. The van der Waals surface area contributed by atoms with E-state index in [4.69, 9.17) is 4.74 Å². The molecular weight excluding hydrogens is 250 g/mol. The topological polar surface area (TPSA) is 32.7 Å². The Kier molecular flexibility index (Phi) is 5.58. The number of methoxy groups -OCH3 is 1. The first kappa shape index (κ1) is 15.5. The van der Waals surface area contributed by atoms with Crippen LogP contribution in [0.15, 0.2) is 24.3 Å². The van der Waals surface area contributed by atoms with Crippen LogP contribution in [0.5, 0.6) is 0 Å². The summed E-state index contributed by atoms with van der Waals surface area (Å²) in [7, 11) is 1.73. The standard InChI is InChI=1S/C17H27NO2/c1-13(2)18(11-12-20-3)16-10-6-8-14-7-4-5-9-15(14)17(16)19/h4-5,7,9,13,16-17,19H,6,8,10-12H2,1-3H3. The summed E-state index contributed by atoms with van der Waals surface area (Å²) in [5.41, 5.74) is 2.41. The molecule has 0 saturated heterocycles. The lowest BCUT2D eigenvalue weighted by atomic mass is 9.97. The first-order chi connectivity index (χ1) is 9.65. The predicted molar refractivity (Wildman–Crippen MR) is 81.8 cm³/mol. The molecule has 0 radical (unpaired) electrons. The molecule has 1 aliphatic rings. The zero-order valence-electron chi connectivity index (χ0n) is 12.9. The Labute approximate surface area is 122 Å². The molecule has 3 nitrogen and oxygen atoms in total. The van der Waals surface area contributed by atoms with Crippen molar-refractivity contribution >= 4 is 0 Å². The van der Waals surface area contributed by atoms with Gasteiger partial charge in [0.25, 0.3) is 0 Å². The molecule has 0 saturated carbocycles. The van der Waals surface area contributed by atoms with Crippen molar-refractivity contribution < 1.29 is 9.84 Å². The highest BCUT2D eigenvalue weighted by Gasteiger charge is 2.31. The molecule has 1 aromatic rings. The molecule has 1 N–H and O–H groups in total. The van der Waals surface area contributed by atoms with Gasteiger partial charge in [-0.3, -0.25) is 4.90 Å². The molecule has 0 fully saturated rings. The second-order valence-electron chi connectivity index (χ2n) is 5.93. The second kappa shape index (κ2) is 7.21. The molecule has 0 heterocycles. The van der Waals surface area contributed by atoms with Crippen LogP contribution in [0.25, 0.3) is 0 Å². The van der Waals surface area contributed by atoms with E-state index in [2.05, 4.69) is 36.9 Å². The monoisotopic (exact) mass is 277 g/mol. The van der Waals surface area contributed by atoms with Crippen LogP contribution in [0.4, 0.5) is 0 Å². The highest BCUT2D eigenvalue weighted by molar-refractivity contribution is 5.31. The van der Waals surface area contributed by atoms with Crippen LogP contribution in [0.1, 0.15) is 43.9 Å². The van der Waals surface area contributed by atoms with Crippen molar-refractivity contribution in [3.05, 3.63) is 35.4 Å². The number of nitrogens with zero attached hydrogens (tertiary/aromatic N) is 1. The minimum atomic E-state index is -0.395. The highest BCUT2D eigenvalue weighted by atomic mass is 16.5. The van der Waals surface area contributed by atoms with Gasteiger partial charge < -0.3 is 9.84 Å². The quantitative estimate of drug-likeness (QED) is 0.840. The van der Waals surface area contributed by atoms with E-state index < -0.39 is 6.10 Å². The molecule has 20 heavy (non-hydrogen) atoms. The van der Waals surface area contributed by atoms with Crippen molar-refractivity contribution in [1.29, 1.82) is 0 Å².